The summed E-state index contributed by atoms with van der Waals surface area (Å²) in [6, 6.07) is 0. The van der Waals surface area contributed by atoms with E-state index < -0.39 is 5.97 Å². The zero-order valence-corrected chi connectivity index (χ0v) is 12.5. The van der Waals surface area contributed by atoms with Gasteiger partial charge in [0.1, 0.15) is 0 Å². The van der Waals surface area contributed by atoms with Crippen molar-refractivity contribution < 1.29 is 14.7 Å². The summed E-state index contributed by atoms with van der Waals surface area (Å²) >= 11 is 1.87. The molecule has 0 radical (unpaired) electrons. The number of carboxylic acid groups (broad SMARTS) is 1. The number of carbonyl (C=O) groups excluding carboxylic acids is 1. The predicted molar refractivity (Wildman–Crippen MR) is 78.3 cm³/mol. The van der Waals surface area contributed by atoms with Crippen molar-refractivity contribution in [2.45, 2.75) is 44.9 Å². The summed E-state index contributed by atoms with van der Waals surface area (Å²) in [7, 11) is 0. The van der Waals surface area contributed by atoms with Gasteiger partial charge in [-0.25, -0.2) is 0 Å². The summed E-state index contributed by atoms with van der Waals surface area (Å²) in [6.45, 7) is 0.729. The summed E-state index contributed by atoms with van der Waals surface area (Å²) in [6.07, 6.45) is 8.64. The highest BCUT2D eigenvalue weighted by Gasteiger charge is 2.33. The van der Waals surface area contributed by atoms with E-state index in [-0.39, 0.29) is 17.7 Å². The van der Waals surface area contributed by atoms with Crippen molar-refractivity contribution >= 4 is 23.6 Å². The van der Waals surface area contributed by atoms with Gasteiger partial charge >= 0.3 is 5.97 Å². The van der Waals surface area contributed by atoms with Crippen LogP contribution in [0.25, 0.3) is 0 Å². The lowest BCUT2D eigenvalue weighted by Crippen LogP contribution is -2.30. The molecule has 2 atom stereocenters. The highest BCUT2D eigenvalue weighted by Crippen LogP contribution is 2.31. The molecular weight excluding hydrogens is 262 g/mol. The molecule has 1 fully saturated rings. The topological polar surface area (TPSA) is 66.4 Å². The molecule has 2 N–H and O–H groups in total. The van der Waals surface area contributed by atoms with Gasteiger partial charge < -0.3 is 10.4 Å². The van der Waals surface area contributed by atoms with Gasteiger partial charge in [0.2, 0.25) is 5.91 Å². The molecule has 0 aromatic carbocycles. The van der Waals surface area contributed by atoms with Gasteiger partial charge in [-0.1, -0.05) is 12.8 Å². The Bertz CT molecular complexity index is 296. The molecule has 0 heterocycles. The average molecular weight is 287 g/mol. The van der Waals surface area contributed by atoms with Crippen LogP contribution in [0.5, 0.6) is 0 Å². The van der Waals surface area contributed by atoms with Crippen LogP contribution in [0.2, 0.25) is 0 Å². The van der Waals surface area contributed by atoms with Crippen LogP contribution in [-0.4, -0.2) is 35.5 Å². The fraction of sp³-hybridized carbons (Fsp3) is 0.857. The molecule has 0 saturated heterocycles. The van der Waals surface area contributed by atoms with E-state index in [1.54, 1.807) is 0 Å². The van der Waals surface area contributed by atoms with Crippen molar-refractivity contribution in [1.82, 2.24) is 5.32 Å². The van der Waals surface area contributed by atoms with Gasteiger partial charge in [-0.3, -0.25) is 9.59 Å². The van der Waals surface area contributed by atoms with Crippen molar-refractivity contribution in [1.29, 1.82) is 0 Å². The van der Waals surface area contributed by atoms with Crippen LogP contribution in [0.4, 0.5) is 0 Å². The van der Waals surface area contributed by atoms with E-state index >= 15 is 0 Å². The number of hydrogen-bond acceptors (Lipinski definition) is 3. The number of hydrogen-bond donors (Lipinski definition) is 2. The second-order valence-electron chi connectivity index (χ2n) is 5.24. The number of thioether (sulfide) groups is 1. The zero-order valence-electron chi connectivity index (χ0n) is 11.7. The first kappa shape index (κ1) is 16.3. The minimum atomic E-state index is -0.760. The fourth-order valence-corrected chi connectivity index (χ4v) is 3.02. The van der Waals surface area contributed by atoms with Gasteiger partial charge in [-0.05, 0) is 44.1 Å². The number of nitrogens with one attached hydrogen (secondary N) is 1. The number of rotatable bonds is 9. The summed E-state index contributed by atoms with van der Waals surface area (Å²) < 4.78 is 0. The highest BCUT2D eigenvalue weighted by atomic mass is 32.2. The maximum atomic E-state index is 11.8. The molecule has 0 aromatic rings. The molecule has 4 nitrogen and oxygen atoms in total. The third-order valence-electron chi connectivity index (χ3n) is 3.73. The maximum absolute atomic E-state index is 11.8. The normalized spacial score (nSPS) is 22.4. The third-order valence-corrected chi connectivity index (χ3v) is 4.42. The summed E-state index contributed by atoms with van der Waals surface area (Å²) in [5, 5.41) is 11.8. The Morgan fingerprint density at radius 2 is 1.84 bits per heavy atom. The first-order valence-electron chi connectivity index (χ1n) is 7.14. The monoisotopic (exact) mass is 287 g/mol. The van der Waals surface area contributed by atoms with E-state index in [0.29, 0.717) is 12.8 Å². The van der Waals surface area contributed by atoms with Gasteiger partial charge in [0.15, 0.2) is 0 Å². The van der Waals surface area contributed by atoms with Crippen molar-refractivity contribution in [2.24, 2.45) is 11.8 Å². The fourth-order valence-electron chi connectivity index (χ4n) is 2.52. The van der Waals surface area contributed by atoms with E-state index in [9.17, 15) is 9.59 Å². The number of amides is 1. The smallest absolute Gasteiger partial charge is 0.306 e. The van der Waals surface area contributed by atoms with Crippen LogP contribution in [0.1, 0.15) is 44.9 Å². The SMILES string of the molecule is CSCCCCCCNC(=O)C1CCC(C(=O)O)C1. The van der Waals surface area contributed by atoms with Crippen LogP contribution >= 0.6 is 11.8 Å². The second-order valence-corrected chi connectivity index (χ2v) is 6.23. The van der Waals surface area contributed by atoms with Gasteiger partial charge in [0.25, 0.3) is 0 Å². The zero-order chi connectivity index (χ0) is 14.1. The van der Waals surface area contributed by atoms with Crippen LogP contribution in [0.3, 0.4) is 0 Å². The van der Waals surface area contributed by atoms with Gasteiger partial charge in [-0.15, -0.1) is 0 Å². The minimum absolute atomic E-state index is 0.0489. The molecular formula is C14H25NO3S. The molecule has 1 aliphatic rings. The number of carboxylic acids is 1. The molecule has 0 aliphatic heterocycles. The quantitative estimate of drug-likeness (QED) is 0.640. The van der Waals surface area contributed by atoms with E-state index in [2.05, 4.69) is 11.6 Å². The van der Waals surface area contributed by atoms with E-state index in [4.69, 9.17) is 5.11 Å². The Kier molecular flexibility index (Phi) is 7.94. The van der Waals surface area contributed by atoms with Crippen LogP contribution in [0, 0.1) is 11.8 Å². The number of aliphatic carboxylic acids is 1. The van der Waals surface area contributed by atoms with E-state index in [0.717, 1.165) is 25.8 Å². The first-order valence-corrected chi connectivity index (χ1v) is 8.54. The van der Waals surface area contributed by atoms with E-state index in [1.807, 2.05) is 11.8 Å². The van der Waals surface area contributed by atoms with Crippen molar-refractivity contribution in [3.8, 4) is 0 Å². The molecule has 110 valence electrons. The van der Waals surface area contributed by atoms with Crippen LogP contribution < -0.4 is 5.32 Å². The summed E-state index contributed by atoms with van der Waals surface area (Å²) in [4.78, 5) is 22.7. The third kappa shape index (κ3) is 6.32. The minimum Gasteiger partial charge on any atom is -0.481 e. The number of unbranched alkanes of at least 4 members (excludes halogenated alkanes) is 3. The molecule has 1 rings (SSSR count). The lowest BCUT2D eigenvalue weighted by molar-refractivity contribution is -0.141. The summed E-state index contributed by atoms with van der Waals surface area (Å²) in [5.41, 5.74) is 0. The lowest BCUT2D eigenvalue weighted by Gasteiger charge is -2.10. The summed E-state index contributed by atoms with van der Waals surface area (Å²) in [5.74, 6) is 0.0993. The molecule has 19 heavy (non-hydrogen) atoms. The largest absolute Gasteiger partial charge is 0.481 e. The van der Waals surface area contributed by atoms with Crippen LogP contribution in [-0.2, 0) is 9.59 Å². The lowest BCUT2D eigenvalue weighted by atomic mass is 10.0. The predicted octanol–water partition coefficient (Wildman–Crippen LogP) is 2.53. The first-order chi connectivity index (χ1) is 9.15. The molecule has 1 aliphatic carbocycles. The Morgan fingerprint density at radius 3 is 2.47 bits per heavy atom. The molecule has 5 heteroatoms. The Balaban J connectivity index is 2.04. The standard InChI is InChI=1S/C14H25NO3S/c1-19-9-5-3-2-4-8-15-13(16)11-6-7-12(10-11)14(17)18/h11-12H,2-10H2,1H3,(H,15,16)(H,17,18). The molecule has 0 aromatic heterocycles. The molecule has 0 bridgehead atoms. The van der Waals surface area contributed by atoms with Crippen molar-refractivity contribution in [2.75, 3.05) is 18.6 Å². The van der Waals surface area contributed by atoms with Gasteiger partial charge in [0.05, 0.1) is 5.92 Å². The Hall–Kier alpha value is -0.710. The molecule has 0 spiro atoms. The van der Waals surface area contributed by atoms with Gasteiger partial charge in [0, 0.05) is 12.5 Å². The Morgan fingerprint density at radius 1 is 1.16 bits per heavy atom. The second kappa shape index (κ2) is 9.23. The molecule has 1 saturated carbocycles. The molecule has 2 unspecified atom stereocenters. The van der Waals surface area contributed by atoms with E-state index in [1.165, 1.54) is 18.6 Å². The average Bonchev–Trinajstić information content (AvgIpc) is 2.87. The van der Waals surface area contributed by atoms with Crippen LogP contribution in [0.15, 0.2) is 0 Å². The van der Waals surface area contributed by atoms with Gasteiger partial charge in [-0.2, -0.15) is 11.8 Å². The molecule has 1 amide bonds. The number of carbonyl (C=O) groups is 2. The Labute approximate surface area is 119 Å². The van der Waals surface area contributed by atoms with Crippen molar-refractivity contribution in [3.05, 3.63) is 0 Å². The highest BCUT2D eigenvalue weighted by molar-refractivity contribution is 7.98. The van der Waals surface area contributed by atoms with Crippen molar-refractivity contribution in [3.63, 3.8) is 0 Å². The maximum Gasteiger partial charge on any atom is 0.306 e.